The third kappa shape index (κ3) is 2.31. The van der Waals surface area contributed by atoms with Gasteiger partial charge in [-0.1, -0.05) is 19.1 Å². The van der Waals surface area contributed by atoms with Gasteiger partial charge in [0.25, 0.3) is 0 Å². The number of nitrogens with one attached hydrogen (secondary N) is 1. The minimum atomic E-state index is -0.853. The fourth-order valence-electron chi connectivity index (χ4n) is 1.89. The summed E-state index contributed by atoms with van der Waals surface area (Å²) >= 11 is 4.60. The van der Waals surface area contributed by atoms with Crippen LogP contribution in [0.1, 0.15) is 26.0 Å². The zero-order valence-electron chi connectivity index (χ0n) is 9.22. The summed E-state index contributed by atoms with van der Waals surface area (Å²) in [6, 6.07) is 0. The molecule has 7 heteroatoms. The third-order valence-corrected chi connectivity index (χ3v) is 3.12. The molecule has 0 radical (unpaired) electrons. The predicted octanol–water partition coefficient (Wildman–Crippen LogP) is 1.10. The topological polar surface area (TPSA) is 67.2 Å². The Bertz CT molecular complexity index is 527. The molecule has 2 N–H and O–H groups in total. The molecule has 0 aromatic carbocycles. The Hall–Kier alpha value is -1.05. The number of hydrogen-bond donors (Lipinski definition) is 2. The van der Waals surface area contributed by atoms with Gasteiger partial charge >= 0.3 is 5.69 Å². The quantitative estimate of drug-likeness (QED) is 0.781. The van der Waals surface area contributed by atoms with Crippen molar-refractivity contribution in [3.8, 4) is 0 Å². The maximum Gasteiger partial charge on any atom is 0.328 e. The van der Waals surface area contributed by atoms with E-state index in [4.69, 9.17) is 4.74 Å². The minimum Gasteiger partial charge on any atom is -0.388 e. The molecule has 0 bridgehead atoms. The molecule has 0 saturated carbocycles. The third-order valence-electron chi connectivity index (χ3n) is 2.82. The van der Waals surface area contributed by atoms with Crippen molar-refractivity contribution in [2.75, 3.05) is 0 Å². The molecule has 1 aromatic heterocycles. The molecule has 1 fully saturated rings. The monoisotopic (exact) mass is 260 g/mol. The van der Waals surface area contributed by atoms with Gasteiger partial charge in [0.15, 0.2) is 12.0 Å². The minimum absolute atomic E-state index is 0.117. The van der Waals surface area contributed by atoms with Gasteiger partial charge in [-0.2, -0.15) is 0 Å². The molecule has 1 aliphatic heterocycles. The van der Waals surface area contributed by atoms with Gasteiger partial charge in [-0.05, 0) is 6.42 Å². The summed E-state index contributed by atoms with van der Waals surface area (Å²) in [6.45, 7) is 1.92. The standard InChI is InChI=1S/C10H13FN2O3S/c1-2-5-3-7(14)9(16-5)13-4-6(11)8(17)12-10(13)15/h4-5,7,9,14H,2-3H2,1H3,(H,12,15,17)/t5-,7?,9-/m1/s1. The molecular formula is C10H13FN2O3S. The molecule has 17 heavy (non-hydrogen) atoms. The maximum atomic E-state index is 13.3. The number of H-pyrrole nitrogens is 1. The van der Waals surface area contributed by atoms with E-state index in [-0.39, 0.29) is 10.7 Å². The van der Waals surface area contributed by atoms with Crippen LogP contribution in [0.2, 0.25) is 0 Å². The lowest BCUT2D eigenvalue weighted by molar-refractivity contribution is -0.0409. The summed E-state index contributed by atoms with van der Waals surface area (Å²) in [5.41, 5.74) is -0.586. The first-order valence-electron chi connectivity index (χ1n) is 5.37. The summed E-state index contributed by atoms with van der Waals surface area (Å²) in [7, 11) is 0. The smallest absolute Gasteiger partial charge is 0.328 e. The van der Waals surface area contributed by atoms with Gasteiger partial charge in [-0.3, -0.25) is 9.55 Å². The molecule has 0 amide bonds. The molecule has 0 spiro atoms. The Morgan fingerprint density at radius 1 is 1.76 bits per heavy atom. The normalized spacial score (nSPS) is 28.5. The molecule has 1 aromatic rings. The summed E-state index contributed by atoms with van der Waals surface area (Å²) < 4.78 is 19.5. The summed E-state index contributed by atoms with van der Waals surface area (Å²) in [6.07, 6.45) is 0.342. The molecule has 1 saturated heterocycles. The van der Waals surface area contributed by atoms with Crippen LogP contribution in [0.5, 0.6) is 0 Å². The fourth-order valence-corrected chi connectivity index (χ4v) is 2.03. The lowest BCUT2D eigenvalue weighted by Gasteiger charge is -2.17. The molecule has 5 nitrogen and oxygen atoms in total. The Balaban J connectivity index is 2.38. The highest BCUT2D eigenvalue weighted by molar-refractivity contribution is 7.71. The zero-order valence-corrected chi connectivity index (χ0v) is 10.0. The summed E-state index contributed by atoms with van der Waals surface area (Å²) in [5, 5.41) is 9.78. The van der Waals surface area contributed by atoms with Crippen molar-refractivity contribution in [2.45, 2.75) is 38.2 Å². The molecule has 2 rings (SSSR count). The highest BCUT2D eigenvalue weighted by Gasteiger charge is 2.34. The summed E-state index contributed by atoms with van der Waals surface area (Å²) in [5.74, 6) is -0.713. The van der Waals surface area contributed by atoms with Gasteiger partial charge in [0.2, 0.25) is 0 Å². The SMILES string of the molecule is CC[C@@H]1CC(O)[C@H](n2cc(F)c(=S)[nH]c2=O)O1. The van der Waals surface area contributed by atoms with Crippen LogP contribution in [0, 0.1) is 10.5 Å². The number of aliphatic hydroxyl groups excluding tert-OH is 1. The van der Waals surface area contributed by atoms with E-state index in [1.807, 2.05) is 6.92 Å². The van der Waals surface area contributed by atoms with Gasteiger partial charge in [0, 0.05) is 6.42 Å². The van der Waals surface area contributed by atoms with E-state index < -0.39 is 23.8 Å². The molecule has 0 aliphatic carbocycles. The van der Waals surface area contributed by atoms with Crippen LogP contribution in [-0.4, -0.2) is 26.9 Å². The molecule has 1 aliphatic rings. The van der Waals surface area contributed by atoms with E-state index >= 15 is 0 Å². The van der Waals surface area contributed by atoms with Crippen LogP contribution in [0.15, 0.2) is 11.0 Å². The first kappa shape index (κ1) is 12.4. The molecular weight excluding hydrogens is 247 g/mol. The van der Waals surface area contributed by atoms with E-state index in [1.54, 1.807) is 0 Å². The number of nitrogens with zero attached hydrogens (tertiary/aromatic N) is 1. The number of halogens is 1. The van der Waals surface area contributed by atoms with Crippen molar-refractivity contribution in [3.63, 3.8) is 0 Å². The van der Waals surface area contributed by atoms with E-state index in [0.29, 0.717) is 6.42 Å². The Labute approximate surface area is 102 Å². The second-order valence-electron chi connectivity index (χ2n) is 4.00. The second-order valence-corrected chi connectivity index (χ2v) is 4.41. The highest BCUT2D eigenvalue weighted by atomic mass is 32.1. The van der Waals surface area contributed by atoms with E-state index in [2.05, 4.69) is 17.2 Å². The number of aromatic amines is 1. The van der Waals surface area contributed by atoms with Gasteiger partial charge in [0.05, 0.1) is 12.3 Å². The van der Waals surface area contributed by atoms with Crippen molar-refractivity contribution in [3.05, 3.63) is 27.1 Å². The average Bonchev–Trinajstić information content (AvgIpc) is 2.65. The van der Waals surface area contributed by atoms with Crippen LogP contribution >= 0.6 is 12.2 Å². The first-order chi connectivity index (χ1) is 8.02. The van der Waals surface area contributed by atoms with Crippen molar-refractivity contribution < 1.29 is 14.2 Å². The van der Waals surface area contributed by atoms with Crippen LogP contribution < -0.4 is 5.69 Å². The fraction of sp³-hybridized carbons (Fsp3) is 0.600. The lowest BCUT2D eigenvalue weighted by atomic mass is 10.1. The lowest BCUT2D eigenvalue weighted by Crippen LogP contribution is -2.32. The highest BCUT2D eigenvalue weighted by Crippen LogP contribution is 2.29. The van der Waals surface area contributed by atoms with E-state index in [1.165, 1.54) is 0 Å². The molecule has 94 valence electrons. The van der Waals surface area contributed by atoms with Crippen LogP contribution in [0.3, 0.4) is 0 Å². The van der Waals surface area contributed by atoms with Gasteiger partial charge in [0.1, 0.15) is 10.7 Å². The van der Waals surface area contributed by atoms with Crippen LogP contribution in [0.4, 0.5) is 4.39 Å². The van der Waals surface area contributed by atoms with Crippen molar-refractivity contribution in [1.29, 1.82) is 0 Å². The Morgan fingerprint density at radius 3 is 3.06 bits per heavy atom. The number of hydrogen-bond acceptors (Lipinski definition) is 4. The Morgan fingerprint density at radius 2 is 2.47 bits per heavy atom. The maximum absolute atomic E-state index is 13.3. The number of ether oxygens (including phenoxy) is 1. The molecule has 3 atom stereocenters. The number of aliphatic hydroxyl groups is 1. The predicted molar refractivity (Wildman–Crippen MR) is 60.7 cm³/mol. The van der Waals surface area contributed by atoms with E-state index in [9.17, 15) is 14.3 Å². The first-order valence-corrected chi connectivity index (χ1v) is 5.78. The van der Waals surface area contributed by atoms with E-state index in [0.717, 1.165) is 17.2 Å². The van der Waals surface area contributed by atoms with Gasteiger partial charge in [-0.15, -0.1) is 0 Å². The van der Waals surface area contributed by atoms with Crippen LogP contribution in [0.25, 0.3) is 0 Å². The Kier molecular flexibility index (Phi) is 3.41. The number of aromatic nitrogens is 2. The van der Waals surface area contributed by atoms with Crippen molar-refractivity contribution >= 4 is 12.2 Å². The van der Waals surface area contributed by atoms with Gasteiger partial charge in [-0.25, -0.2) is 9.18 Å². The second kappa shape index (κ2) is 4.67. The zero-order chi connectivity index (χ0) is 12.6. The van der Waals surface area contributed by atoms with Gasteiger partial charge < -0.3 is 9.84 Å². The van der Waals surface area contributed by atoms with Crippen LogP contribution in [-0.2, 0) is 4.74 Å². The largest absolute Gasteiger partial charge is 0.388 e. The van der Waals surface area contributed by atoms with Crippen molar-refractivity contribution in [2.24, 2.45) is 0 Å². The molecule has 1 unspecified atom stereocenters. The number of rotatable bonds is 2. The van der Waals surface area contributed by atoms with Crippen molar-refractivity contribution in [1.82, 2.24) is 9.55 Å². The summed E-state index contributed by atoms with van der Waals surface area (Å²) in [4.78, 5) is 13.8. The molecule has 2 heterocycles. The average molecular weight is 260 g/mol.